The summed E-state index contributed by atoms with van der Waals surface area (Å²) in [6, 6.07) is 2.71. The number of unbranched alkanes of at least 4 members (excludes halogenated alkanes) is 2. The lowest BCUT2D eigenvalue weighted by molar-refractivity contribution is 0.0698. The van der Waals surface area contributed by atoms with Gasteiger partial charge in [0, 0.05) is 15.5 Å². The molecule has 0 aliphatic rings. The third-order valence-corrected chi connectivity index (χ3v) is 3.67. The molecule has 0 fully saturated rings. The van der Waals surface area contributed by atoms with Gasteiger partial charge in [-0.15, -0.1) is 0 Å². The molecule has 20 heavy (non-hydrogen) atoms. The van der Waals surface area contributed by atoms with Crippen LogP contribution in [0.1, 0.15) is 36.5 Å². The van der Waals surface area contributed by atoms with Crippen LogP contribution in [-0.4, -0.2) is 23.7 Å². The average Bonchev–Trinajstić information content (AvgIpc) is 2.37. The van der Waals surface area contributed by atoms with Crippen LogP contribution in [-0.2, 0) is 0 Å². The first-order chi connectivity index (χ1) is 9.45. The summed E-state index contributed by atoms with van der Waals surface area (Å²) in [6.07, 6.45) is 3.02. The number of anilines is 1. The normalized spacial score (nSPS) is 10.2. The van der Waals surface area contributed by atoms with Gasteiger partial charge in [0.25, 0.3) is 0 Å². The molecule has 0 radical (unpaired) electrons. The molecule has 0 aromatic heterocycles. The number of nitrogens with one attached hydrogen (secondary N) is 2. The first-order valence-electron chi connectivity index (χ1n) is 6.23. The van der Waals surface area contributed by atoms with Gasteiger partial charge < -0.3 is 15.7 Å². The Balaban J connectivity index is 2.76. The lowest BCUT2D eigenvalue weighted by Gasteiger charge is -2.12. The molecule has 0 atom stereocenters. The SMILES string of the molecule is CCCCCNC(=O)Nc1c(Br)cc(Br)cc1C(=O)O. The topological polar surface area (TPSA) is 78.4 Å². The zero-order chi connectivity index (χ0) is 15.1. The Bertz CT molecular complexity index is 507. The summed E-state index contributed by atoms with van der Waals surface area (Å²) in [4.78, 5) is 22.9. The second kappa shape index (κ2) is 8.26. The number of carbonyl (C=O) groups excluding carboxylic acids is 1. The van der Waals surface area contributed by atoms with Crippen molar-refractivity contribution in [3.05, 3.63) is 26.6 Å². The number of amides is 2. The van der Waals surface area contributed by atoms with Gasteiger partial charge in [-0.25, -0.2) is 9.59 Å². The number of hydrogen-bond acceptors (Lipinski definition) is 2. The van der Waals surface area contributed by atoms with E-state index in [-0.39, 0.29) is 11.3 Å². The van der Waals surface area contributed by atoms with Crippen molar-refractivity contribution in [1.82, 2.24) is 5.32 Å². The van der Waals surface area contributed by atoms with Crippen LogP contribution in [0.5, 0.6) is 0 Å². The second-order valence-corrected chi connectivity index (χ2v) is 5.97. The highest BCUT2D eigenvalue weighted by Crippen LogP contribution is 2.30. The zero-order valence-corrected chi connectivity index (χ0v) is 14.2. The Morgan fingerprint density at radius 3 is 2.55 bits per heavy atom. The number of rotatable bonds is 6. The number of halogens is 2. The monoisotopic (exact) mass is 406 g/mol. The Kier molecular flexibility index (Phi) is 7.01. The summed E-state index contributed by atoms with van der Waals surface area (Å²) >= 11 is 6.47. The fourth-order valence-electron chi connectivity index (χ4n) is 1.60. The highest BCUT2D eigenvalue weighted by Gasteiger charge is 2.16. The van der Waals surface area contributed by atoms with Gasteiger partial charge in [0.2, 0.25) is 0 Å². The van der Waals surface area contributed by atoms with Crippen molar-refractivity contribution >= 4 is 49.5 Å². The van der Waals surface area contributed by atoms with E-state index < -0.39 is 12.0 Å². The molecular weight excluding hydrogens is 392 g/mol. The van der Waals surface area contributed by atoms with Crippen LogP contribution >= 0.6 is 31.9 Å². The molecule has 1 aromatic carbocycles. The number of hydrogen-bond donors (Lipinski definition) is 3. The summed E-state index contributed by atoms with van der Waals surface area (Å²) in [5.74, 6) is -1.10. The molecule has 7 heteroatoms. The number of carboxylic acid groups (broad SMARTS) is 1. The van der Waals surface area contributed by atoms with Crippen LogP contribution < -0.4 is 10.6 Å². The summed E-state index contributed by atoms with van der Waals surface area (Å²) < 4.78 is 1.13. The highest BCUT2D eigenvalue weighted by molar-refractivity contribution is 9.11. The first-order valence-corrected chi connectivity index (χ1v) is 7.81. The Morgan fingerprint density at radius 2 is 1.95 bits per heavy atom. The molecule has 110 valence electrons. The maximum atomic E-state index is 11.7. The minimum atomic E-state index is -1.10. The molecule has 0 unspecified atom stereocenters. The van der Waals surface area contributed by atoms with E-state index in [4.69, 9.17) is 5.11 Å². The van der Waals surface area contributed by atoms with Gasteiger partial charge in [-0.2, -0.15) is 0 Å². The molecule has 3 N–H and O–H groups in total. The second-order valence-electron chi connectivity index (χ2n) is 4.20. The molecule has 0 heterocycles. The summed E-state index contributed by atoms with van der Waals surface area (Å²) in [6.45, 7) is 2.65. The van der Waals surface area contributed by atoms with E-state index in [1.165, 1.54) is 6.07 Å². The quantitative estimate of drug-likeness (QED) is 0.617. The number of benzene rings is 1. The fraction of sp³-hybridized carbons (Fsp3) is 0.385. The molecule has 5 nitrogen and oxygen atoms in total. The number of carboxylic acids is 1. The lowest BCUT2D eigenvalue weighted by atomic mass is 10.2. The number of aromatic carboxylic acids is 1. The predicted molar refractivity (Wildman–Crippen MR) is 85.3 cm³/mol. The van der Waals surface area contributed by atoms with E-state index in [1.54, 1.807) is 6.07 Å². The van der Waals surface area contributed by atoms with E-state index in [0.717, 1.165) is 19.3 Å². The molecular formula is C13H16Br2N2O3. The van der Waals surface area contributed by atoms with Gasteiger partial charge in [0.05, 0.1) is 11.3 Å². The van der Waals surface area contributed by atoms with Gasteiger partial charge in [0.15, 0.2) is 0 Å². The maximum absolute atomic E-state index is 11.7. The predicted octanol–water partition coefficient (Wildman–Crippen LogP) is 4.22. The van der Waals surface area contributed by atoms with Gasteiger partial charge in [-0.05, 0) is 34.5 Å². The van der Waals surface area contributed by atoms with Crippen LogP contribution in [0.2, 0.25) is 0 Å². The van der Waals surface area contributed by atoms with Crippen molar-refractivity contribution in [3.8, 4) is 0 Å². The van der Waals surface area contributed by atoms with Crippen LogP contribution in [0.3, 0.4) is 0 Å². The standard InChI is InChI=1S/C13H16Br2N2O3/c1-2-3-4-5-16-13(20)17-11-9(12(18)19)6-8(14)7-10(11)15/h6-7H,2-5H2,1H3,(H,18,19)(H2,16,17,20). The van der Waals surface area contributed by atoms with Crippen LogP contribution in [0.25, 0.3) is 0 Å². The van der Waals surface area contributed by atoms with E-state index >= 15 is 0 Å². The molecule has 2 amide bonds. The van der Waals surface area contributed by atoms with E-state index in [9.17, 15) is 9.59 Å². The molecule has 0 aliphatic carbocycles. The average molecular weight is 408 g/mol. The molecule has 1 rings (SSSR count). The van der Waals surface area contributed by atoms with Crippen LogP contribution in [0, 0.1) is 0 Å². The van der Waals surface area contributed by atoms with E-state index in [0.29, 0.717) is 15.5 Å². The maximum Gasteiger partial charge on any atom is 0.337 e. The minimum Gasteiger partial charge on any atom is -0.478 e. The Hall–Kier alpha value is -1.08. The molecule has 0 bridgehead atoms. The van der Waals surface area contributed by atoms with Crippen molar-refractivity contribution in [2.45, 2.75) is 26.2 Å². The van der Waals surface area contributed by atoms with Crippen molar-refractivity contribution in [1.29, 1.82) is 0 Å². The number of carbonyl (C=O) groups is 2. The molecule has 0 saturated carbocycles. The largest absolute Gasteiger partial charge is 0.478 e. The molecule has 0 saturated heterocycles. The van der Waals surface area contributed by atoms with Gasteiger partial charge in [0.1, 0.15) is 0 Å². The van der Waals surface area contributed by atoms with Crippen molar-refractivity contribution in [2.75, 3.05) is 11.9 Å². The van der Waals surface area contributed by atoms with E-state index in [1.807, 2.05) is 0 Å². The van der Waals surface area contributed by atoms with Crippen LogP contribution in [0.4, 0.5) is 10.5 Å². The smallest absolute Gasteiger partial charge is 0.337 e. The third-order valence-electron chi connectivity index (χ3n) is 2.59. The van der Waals surface area contributed by atoms with Crippen molar-refractivity contribution < 1.29 is 14.7 Å². The van der Waals surface area contributed by atoms with E-state index in [2.05, 4.69) is 49.4 Å². The molecule has 0 aliphatic heterocycles. The first kappa shape index (κ1) is 17.0. The summed E-state index contributed by atoms with van der Waals surface area (Å²) in [5.41, 5.74) is 0.267. The van der Waals surface area contributed by atoms with Gasteiger partial charge in [-0.3, -0.25) is 0 Å². The molecule has 1 aromatic rings. The Morgan fingerprint density at radius 1 is 1.25 bits per heavy atom. The minimum absolute atomic E-state index is 0.0231. The van der Waals surface area contributed by atoms with Crippen molar-refractivity contribution in [3.63, 3.8) is 0 Å². The van der Waals surface area contributed by atoms with Gasteiger partial charge >= 0.3 is 12.0 Å². The summed E-state index contributed by atoms with van der Waals surface area (Å²) in [5, 5.41) is 14.4. The molecule has 0 spiro atoms. The number of urea groups is 1. The summed E-state index contributed by atoms with van der Waals surface area (Å²) in [7, 11) is 0. The Labute approximate surface area is 134 Å². The van der Waals surface area contributed by atoms with Crippen molar-refractivity contribution in [2.24, 2.45) is 0 Å². The van der Waals surface area contributed by atoms with Crippen LogP contribution in [0.15, 0.2) is 21.1 Å². The fourth-order valence-corrected chi connectivity index (χ4v) is 2.93. The highest BCUT2D eigenvalue weighted by atomic mass is 79.9. The zero-order valence-electron chi connectivity index (χ0n) is 11.0. The lowest BCUT2D eigenvalue weighted by Crippen LogP contribution is -2.30. The third kappa shape index (κ3) is 5.13. The van der Waals surface area contributed by atoms with Gasteiger partial charge in [-0.1, -0.05) is 35.7 Å².